The van der Waals surface area contributed by atoms with Crippen LogP contribution in [0.15, 0.2) is 24.3 Å². The summed E-state index contributed by atoms with van der Waals surface area (Å²) in [4.78, 5) is 11.2. The third-order valence-electron chi connectivity index (χ3n) is 1.74. The number of benzene rings is 1. The Bertz CT molecular complexity index is 330. The second-order valence-electron chi connectivity index (χ2n) is 2.99. The molecule has 0 fully saturated rings. The Morgan fingerprint density at radius 1 is 1.40 bits per heavy atom. The lowest BCUT2D eigenvalue weighted by molar-refractivity contribution is 0.252. The summed E-state index contributed by atoms with van der Waals surface area (Å²) < 4.78 is 12.7. The van der Waals surface area contributed by atoms with E-state index in [9.17, 15) is 9.18 Å². The Balaban J connectivity index is 2.37. The minimum atomic E-state index is -0.372. The van der Waals surface area contributed by atoms with Crippen molar-refractivity contribution in [3.8, 4) is 0 Å². The van der Waals surface area contributed by atoms with Crippen LogP contribution >= 0.6 is 0 Å². The molecule has 1 rings (SSSR count). The zero-order valence-electron chi connectivity index (χ0n) is 8.51. The first-order chi connectivity index (χ1) is 7.22. The maximum absolute atomic E-state index is 12.7. The highest BCUT2D eigenvalue weighted by molar-refractivity contribution is 5.89. The second-order valence-corrected chi connectivity index (χ2v) is 2.99. The molecule has 2 amide bonds. The first-order valence-corrected chi connectivity index (χ1v) is 4.67. The minimum absolute atomic E-state index is 0.337. The smallest absolute Gasteiger partial charge is 0.319 e. The highest BCUT2D eigenvalue weighted by Crippen LogP contribution is 2.08. The van der Waals surface area contributed by atoms with E-state index in [1.165, 1.54) is 12.1 Å². The van der Waals surface area contributed by atoms with Crippen molar-refractivity contribution in [2.24, 2.45) is 0 Å². The molecule has 3 N–H and O–H groups in total. The quantitative estimate of drug-likeness (QED) is 0.655. The normalized spacial score (nSPS) is 9.73. The van der Waals surface area contributed by atoms with Gasteiger partial charge in [-0.25, -0.2) is 9.18 Å². The van der Waals surface area contributed by atoms with Gasteiger partial charge >= 0.3 is 6.03 Å². The van der Waals surface area contributed by atoms with E-state index >= 15 is 0 Å². The molecule has 1 aromatic rings. The summed E-state index contributed by atoms with van der Waals surface area (Å²) >= 11 is 0. The van der Waals surface area contributed by atoms with Crippen molar-refractivity contribution in [1.82, 2.24) is 10.6 Å². The SMILES string of the molecule is CNCCNC(=O)Nc1cccc(F)c1. The first-order valence-electron chi connectivity index (χ1n) is 4.67. The molecule has 0 spiro atoms. The fourth-order valence-electron chi connectivity index (χ4n) is 1.04. The summed E-state index contributed by atoms with van der Waals surface area (Å²) in [7, 11) is 1.80. The lowest BCUT2D eigenvalue weighted by atomic mass is 10.3. The average molecular weight is 211 g/mol. The number of amides is 2. The van der Waals surface area contributed by atoms with Crippen LogP contribution in [0, 0.1) is 5.82 Å². The number of anilines is 1. The van der Waals surface area contributed by atoms with E-state index in [4.69, 9.17) is 0 Å². The number of carbonyl (C=O) groups excluding carboxylic acids is 1. The predicted molar refractivity (Wildman–Crippen MR) is 57.3 cm³/mol. The van der Waals surface area contributed by atoms with E-state index in [2.05, 4.69) is 16.0 Å². The van der Waals surface area contributed by atoms with Crippen LogP contribution in [0.3, 0.4) is 0 Å². The van der Waals surface area contributed by atoms with Gasteiger partial charge in [-0.2, -0.15) is 0 Å². The Hall–Kier alpha value is -1.62. The molecule has 0 heterocycles. The van der Waals surface area contributed by atoms with Crippen molar-refractivity contribution in [2.45, 2.75) is 0 Å². The summed E-state index contributed by atoms with van der Waals surface area (Å²) in [5.41, 5.74) is 0.442. The molecule has 5 heteroatoms. The Kier molecular flexibility index (Phi) is 4.56. The molecule has 0 unspecified atom stereocenters. The zero-order valence-corrected chi connectivity index (χ0v) is 8.51. The molecule has 0 aromatic heterocycles. The number of nitrogens with one attached hydrogen (secondary N) is 3. The van der Waals surface area contributed by atoms with Gasteiger partial charge < -0.3 is 16.0 Å². The number of hydrogen-bond donors (Lipinski definition) is 3. The molecule has 0 radical (unpaired) electrons. The summed E-state index contributed by atoms with van der Waals surface area (Å²) in [6.07, 6.45) is 0. The van der Waals surface area contributed by atoms with E-state index in [0.717, 1.165) is 0 Å². The molecule has 0 saturated carbocycles. The minimum Gasteiger partial charge on any atom is -0.337 e. The fraction of sp³-hybridized carbons (Fsp3) is 0.300. The van der Waals surface area contributed by atoms with Gasteiger partial charge in [0.25, 0.3) is 0 Å². The highest BCUT2D eigenvalue weighted by Gasteiger charge is 2.00. The van der Waals surface area contributed by atoms with Crippen molar-refractivity contribution in [2.75, 3.05) is 25.5 Å². The summed E-state index contributed by atoms with van der Waals surface area (Å²) in [5, 5.41) is 8.03. The van der Waals surface area contributed by atoms with E-state index in [-0.39, 0.29) is 11.8 Å². The fourth-order valence-corrected chi connectivity index (χ4v) is 1.04. The van der Waals surface area contributed by atoms with Gasteiger partial charge in [-0.05, 0) is 25.2 Å². The lowest BCUT2D eigenvalue weighted by Gasteiger charge is -2.06. The number of halogens is 1. The molecule has 82 valence electrons. The molecular weight excluding hydrogens is 197 g/mol. The van der Waals surface area contributed by atoms with Crippen LogP contribution in [0.25, 0.3) is 0 Å². The predicted octanol–water partition coefficient (Wildman–Crippen LogP) is 1.17. The Morgan fingerprint density at radius 2 is 2.20 bits per heavy atom. The van der Waals surface area contributed by atoms with Crippen LogP contribution in [0.4, 0.5) is 14.9 Å². The highest BCUT2D eigenvalue weighted by atomic mass is 19.1. The van der Waals surface area contributed by atoms with Crippen molar-refractivity contribution in [1.29, 1.82) is 0 Å². The van der Waals surface area contributed by atoms with Gasteiger partial charge in [0, 0.05) is 18.8 Å². The van der Waals surface area contributed by atoms with E-state index < -0.39 is 0 Å². The maximum atomic E-state index is 12.7. The number of likely N-dealkylation sites (N-methyl/N-ethyl adjacent to an activating group) is 1. The molecule has 0 aliphatic rings. The number of carbonyl (C=O) groups is 1. The van der Waals surface area contributed by atoms with E-state index in [0.29, 0.717) is 18.8 Å². The largest absolute Gasteiger partial charge is 0.337 e. The Morgan fingerprint density at radius 3 is 2.87 bits per heavy atom. The molecule has 15 heavy (non-hydrogen) atoms. The Labute approximate surface area is 87.9 Å². The van der Waals surface area contributed by atoms with Crippen LogP contribution in [0.2, 0.25) is 0 Å². The van der Waals surface area contributed by atoms with Crippen molar-refractivity contribution in [3.05, 3.63) is 30.1 Å². The van der Waals surface area contributed by atoms with E-state index in [1.54, 1.807) is 19.2 Å². The van der Waals surface area contributed by atoms with Crippen molar-refractivity contribution >= 4 is 11.7 Å². The van der Waals surface area contributed by atoms with Gasteiger partial charge in [0.2, 0.25) is 0 Å². The molecule has 0 atom stereocenters. The summed E-state index contributed by atoms with van der Waals surface area (Å²) in [6.45, 7) is 1.22. The summed E-state index contributed by atoms with van der Waals surface area (Å²) in [5.74, 6) is -0.372. The van der Waals surface area contributed by atoms with Crippen LogP contribution in [-0.2, 0) is 0 Å². The molecular formula is C10H14FN3O. The van der Waals surface area contributed by atoms with Gasteiger partial charge in [0.05, 0.1) is 0 Å². The first kappa shape index (κ1) is 11.5. The summed E-state index contributed by atoms with van der Waals surface area (Å²) in [6, 6.07) is 5.41. The number of urea groups is 1. The van der Waals surface area contributed by atoms with Gasteiger partial charge in [0.1, 0.15) is 5.82 Å². The van der Waals surface area contributed by atoms with Gasteiger partial charge in [-0.15, -0.1) is 0 Å². The standard InChI is InChI=1S/C10H14FN3O/c1-12-5-6-13-10(15)14-9-4-2-3-8(11)7-9/h2-4,7,12H,5-6H2,1H3,(H2,13,14,15). The molecule has 1 aromatic carbocycles. The molecule has 4 nitrogen and oxygen atoms in total. The topological polar surface area (TPSA) is 53.2 Å². The van der Waals surface area contributed by atoms with E-state index in [1.807, 2.05) is 0 Å². The van der Waals surface area contributed by atoms with Crippen LogP contribution in [0.1, 0.15) is 0 Å². The third-order valence-corrected chi connectivity index (χ3v) is 1.74. The number of rotatable bonds is 4. The third kappa shape index (κ3) is 4.42. The lowest BCUT2D eigenvalue weighted by Crippen LogP contribution is -2.33. The maximum Gasteiger partial charge on any atom is 0.319 e. The van der Waals surface area contributed by atoms with Crippen LogP contribution in [0.5, 0.6) is 0 Å². The van der Waals surface area contributed by atoms with Crippen molar-refractivity contribution < 1.29 is 9.18 Å². The molecule has 0 aliphatic heterocycles. The zero-order chi connectivity index (χ0) is 11.1. The molecule has 0 saturated heterocycles. The number of hydrogen-bond acceptors (Lipinski definition) is 2. The average Bonchev–Trinajstić information content (AvgIpc) is 2.18. The monoisotopic (exact) mass is 211 g/mol. The van der Waals surface area contributed by atoms with Crippen LogP contribution < -0.4 is 16.0 Å². The van der Waals surface area contributed by atoms with Crippen molar-refractivity contribution in [3.63, 3.8) is 0 Å². The van der Waals surface area contributed by atoms with Gasteiger partial charge in [-0.3, -0.25) is 0 Å². The second kappa shape index (κ2) is 5.98. The van der Waals surface area contributed by atoms with Gasteiger partial charge in [-0.1, -0.05) is 6.07 Å². The molecule has 0 bridgehead atoms. The molecule has 0 aliphatic carbocycles. The van der Waals surface area contributed by atoms with Crippen LogP contribution in [-0.4, -0.2) is 26.2 Å². The van der Waals surface area contributed by atoms with Gasteiger partial charge in [0.15, 0.2) is 0 Å².